The molecule has 2 fully saturated rings. The van der Waals surface area contributed by atoms with Crippen LogP contribution in [-0.4, -0.2) is 30.1 Å². The van der Waals surface area contributed by atoms with E-state index < -0.39 is 24.0 Å². The molecule has 0 saturated carbocycles. The number of phenolic OH excluding ortho intramolecular Hbond substituents is 1. The van der Waals surface area contributed by atoms with Gasteiger partial charge in [-0.3, -0.25) is 14.4 Å². The van der Waals surface area contributed by atoms with Crippen LogP contribution in [0.25, 0.3) is 0 Å². The van der Waals surface area contributed by atoms with Crippen LogP contribution in [0.5, 0.6) is 11.5 Å². The third-order valence-electron chi connectivity index (χ3n) is 6.03. The summed E-state index contributed by atoms with van der Waals surface area (Å²) < 4.78 is 5.27. The number of halogens is 1. The Bertz CT molecular complexity index is 1230. The highest BCUT2D eigenvalue weighted by Crippen LogP contribution is 2.48. The van der Waals surface area contributed by atoms with Gasteiger partial charge in [0.25, 0.3) is 5.91 Å². The van der Waals surface area contributed by atoms with Crippen molar-refractivity contribution in [2.45, 2.75) is 19.1 Å². The summed E-state index contributed by atoms with van der Waals surface area (Å²) in [5.41, 5.74) is 2.85. The molecule has 7 nitrogen and oxygen atoms in total. The third kappa shape index (κ3) is 3.50. The third-order valence-corrected chi connectivity index (χ3v) is 6.29. The lowest BCUT2D eigenvalue weighted by molar-refractivity contribution is -0.126. The molecule has 2 amide bonds. The van der Waals surface area contributed by atoms with E-state index in [1.807, 2.05) is 19.1 Å². The minimum absolute atomic E-state index is 0.0233. The van der Waals surface area contributed by atoms with E-state index >= 15 is 0 Å². The van der Waals surface area contributed by atoms with Gasteiger partial charge in [-0.25, -0.2) is 9.96 Å². The summed E-state index contributed by atoms with van der Waals surface area (Å²) in [5.74, 6) is -1.31. The Morgan fingerprint density at radius 3 is 2.27 bits per heavy atom. The summed E-state index contributed by atoms with van der Waals surface area (Å²) in [4.78, 5) is 34.3. The number of ether oxygens (including phenoxy) is 1. The van der Waals surface area contributed by atoms with Crippen LogP contribution in [0.2, 0.25) is 5.02 Å². The number of aryl methyl sites for hydroxylation is 1. The first-order chi connectivity index (χ1) is 15.9. The van der Waals surface area contributed by atoms with Crippen LogP contribution in [0.4, 0.5) is 11.4 Å². The lowest BCUT2D eigenvalue weighted by atomic mass is 9.90. The molecule has 0 spiro atoms. The van der Waals surface area contributed by atoms with E-state index in [-0.39, 0.29) is 17.4 Å². The number of aromatic hydroxyl groups is 1. The molecular formula is C25H21ClN2O5. The number of nitrogens with zero attached hydrogens (tertiary/aromatic N) is 2. The monoisotopic (exact) mass is 464 g/mol. The van der Waals surface area contributed by atoms with Gasteiger partial charge in [0.1, 0.15) is 5.92 Å². The van der Waals surface area contributed by atoms with Gasteiger partial charge in [0.05, 0.1) is 24.5 Å². The van der Waals surface area contributed by atoms with Crippen molar-refractivity contribution < 1.29 is 24.3 Å². The number of amides is 2. The molecule has 2 saturated heterocycles. The van der Waals surface area contributed by atoms with Crippen LogP contribution in [0.1, 0.15) is 17.2 Å². The van der Waals surface area contributed by atoms with E-state index in [0.717, 1.165) is 5.56 Å². The minimum atomic E-state index is -0.987. The fourth-order valence-electron chi connectivity index (χ4n) is 4.39. The molecule has 3 atom stereocenters. The second kappa shape index (κ2) is 8.10. The average molecular weight is 465 g/mol. The molecule has 2 heterocycles. The number of anilines is 2. The molecule has 5 rings (SSSR count). The van der Waals surface area contributed by atoms with E-state index in [4.69, 9.17) is 21.2 Å². The van der Waals surface area contributed by atoms with Crippen molar-refractivity contribution in [3.63, 3.8) is 0 Å². The highest BCUT2D eigenvalue weighted by atomic mass is 35.5. The second-order valence-electron chi connectivity index (χ2n) is 8.08. The zero-order valence-corrected chi connectivity index (χ0v) is 18.7. The fraction of sp³-hybridized carbons (Fsp3) is 0.200. The Kier molecular flexibility index (Phi) is 5.23. The molecule has 8 heteroatoms. The number of hydroxylamine groups is 1. The second-order valence-corrected chi connectivity index (χ2v) is 8.51. The number of rotatable bonds is 4. The number of imide groups is 1. The lowest BCUT2D eigenvalue weighted by Crippen LogP contribution is -2.37. The van der Waals surface area contributed by atoms with E-state index in [1.54, 1.807) is 53.6 Å². The Labute approximate surface area is 195 Å². The number of methoxy groups -OCH3 is 1. The van der Waals surface area contributed by atoms with Crippen molar-refractivity contribution in [3.8, 4) is 11.5 Å². The normalized spacial score (nSPS) is 22.1. The number of carbonyl (C=O) groups excluding carboxylic acids is 2. The van der Waals surface area contributed by atoms with Gasteiger partial charge in [-0.1, -0.05) is 35.4 Å². The topological polar surface area (TPSA) is 79.3 Å². The Balaban J connectivity index is 1.60. The molecule has 168 valence electrons. The standard InChI is InChI=1S/C25H21ClN2O5/c1-14-3-8-17(9-4-14)27-24(30)21-22(15-5-12-19(29)20(13-15)32-2)28(33-23(21)25(27)31)18-10-6-16(26)7-11-18/h3-13,21-23,29H,1-2H3/t21-,22+,23-/m1/s1. The Morgan fingerprint density at radius 1 is 0.939 bits per heavy atom. The first kappa shape index (κ1) is 21.3. The molecule has 2 aliphatic rings. The van der Waals surface area contributed by atoms with Gasteiger partial charge >= 0.3 is 0 Å². The molecule has 3 aromatic carbocycles. The van der Waals surface area contributed by atoms with Crippen molar-refractivity contribution in [2.75, 3.05) is 17.1 Å². The summed E-state index contributed by atoms with van der Waals surface area (Å²) >= 11 is 6.05. The van der Waals surface area contributed by atoms with Gasteiger partial charge in [-0.15, -0.1) is 0 Å². The lowest BCUT2D eigenvalue weighted by Gasteiger charge is -2.29. The minimum Gasteiger partial charge on any atom is -0.504 e. The number of fused-ring (bicyclic) bond motifs is 1. The first-order valence-electron chi connectivity index (χ1n) is 10.4. The van der Waals surface area contributed by atoms with Crippen molar-refractivity contribution in [2.24, 2.45) is 5.92 Å². The molecule has 1 N–H and O–H groups in total. The SMILES string of the molecule is COc1cc([C@H]2[C@H]3C(=O)N(c4ccc(C)cc4)C(=O)[C@@H]3ON2c2ccc(Cl)cc2)ccc1O. The van der Waals surface area contributed by atoms with E-state index in [9.17, 15) is 14.7 Å². The number of phenols is 1. The molecule has 0 aliphatic carbocycles. The summed E-state index contributed by atoms with van der Waals surface area (Å²) in [6.07, 6.45) is -0.987. The average Bonchev–Trinajstić information content (AvgIpc) is 3.32. The van der Waals surface area contributed by atoms with Crippen molar-refractivity contribution >= 4 is 34.8 Å². The molecule has 0 bridgehead atoms. The summed E-state index contributed by atoms with van der Waals surface area (Å²) in [6.45, 7) is 1.94. The maximum atomic E-state index is 13.6. The smallest absolute Gasteiger partial charge is 0.266 e. The van der Waals surface area contributed by atoms with Crippen LogP contribution >= 0.6 is 11.6 Å². The van der Waals surface area contributed by atoms with Gasteiger partial charge in [0, 0.05) is 5.02 Å². The molecule has 0 unspecified atom stereocenters. The van der Waals surface area contributed by atoms with Crippen LogP contribution in [-0.2, 0) is 14.4 Å². The molecule has 0 radical (unpaired) electrons. The van der Waals surface area contributed by atoms with Crippen molar-refractivity contribution in [1.82, 2.24) is 0 Å². The summed E-state index contributed by atoms with van der Waals surface area (Å²) in [7, 11) is 1.45. The molecule has 33 heavy (non-hydrogen) atoms. The van der Waals surface area contributed by atoms with Gasteiger partial charge in [0.15, 0.2) is 17.6 Å². The Hall–Kier alpha value is -3.55. The van der Waals surface area contributed by atoms with E-state index in [1.165, 1.54) is 18.1 Å². The summed E-state index contributed by atoms with van der Waals surface area (Å²) in [6, 6.07) is 18.4. The van der Waals surface area contributed by atoms with Crippen molar-refractivity contribution in [3.05, 3.63) is 82.9 Å². The zero-order valence-electron chi connectivity index (χ0n) is 17.9. The quantitative estimate of drug-likeness (QED) is 0.576. The Morgan fingerprint density at radius 2 is 1.61 bits per heavy atom. The van der Waals surface area contributed by atoms with Gasteiger partial charge in [0.2, 0.25) is 5.91 Å². The van der Waals surface area contributed by atoms with Crippen molar-refractivity contribution in [1.29, 1.82) is 0 Å². The predicted octanol–water partition coefficient (Wildman–Crippen LogP) is 4.41. The largest absolute Gasteiger partial charge is 0.504 e. The zero-order chi connectivity index (χ0) is 23.3. The number of benzene rings is 3. The van der Waals surface area contributed by atoms with Crippen LogP contribution < -0.4 is 14.7 Å². The molecule has 0 aromatic heterocycles. The highest BCUT2D eigenvalue weighted by molar-refractivity contribution is 6.30. The van der Waals surface area contributed by atoms with Crippen LogP contribution in [0, 0.1) is 12.8 Å². The predicted molar refractivity (Wildman–Crippen MR) is 123 cm³/mol. The summed E-state index contributed by atoms with van der Waals surface area (Å²) in [5, 5.41) is 12.2. The fourth-order valence-corrected chi connectivity index (χ4v) is 4.52. The van der Waals surface area contributed by atoms with Gasteiger partial charge < -0.3 is 9.84 Å². The van der Waals surface area contributed by atoms with E-state index in [2.05, 4.69) is 0 Å². The maximum Gasteiger partial charge on any atom is 0.266 e. The molecule has 2 aliphatic heterocycles. The molecular weight excluding hydrogens is 444 g/mol. The highest BCUT2D eigenvalue weighted by Gasteiger charge is 2.60. The molecule has 3 aromatic rings. The van der Waals surface area contributed by atoms with Crippen LogP contribution in [0.15, 0.2) is 66.7 Å². The number of carbonyl (C=O) groups is 2. The van der Waals surface area contributed by atoms with Gasteiger partial charge in [-0.2, -0.15) is 0 Å². The van der Waals surface area contributed by atoms with Crippen LogP contribution in [0.3, 0.4) is 0 Å². The van der Waals surface area contributed by atoms with Gasteiger partial charge in [-0.05, 0) is 61.0 Å². The van der Waals surface area contributed by atoms with E-state index in [0.29, 0.717) is 22.0 Å². The maximum absolute atomic E-state index is 13.6. The first-order valence-corrected chi connectivity index (χ1v) is 10.8. The number of hydrogen-bond donors (Lipinski definition) is 1. The number of hydrogen-bond acceptors (Lipinski definition) is 6.